The molecule has 0 spiro atoms. The molecule has 3 heterocycles. The molecule has 206 valence electrons. The molecule has 0 bridgehead atoms. The molecule has 1 aliphatic heterocycles. The zero-order valence-electron chi connectivity index (χ0n) is 22.3. The van der Waals surface area contributed by atoms with Gasteiger partial charge in [0.15, 0.2) is 23.0 Å². The van der Waals surface area contributed by atoms with E-state index in [0.29, 0.717) is 52.6 Å². The van der Waals surface area contributed by atoms with Crippen LogP contribution in [0.3, 0.4) is 0 Å². The molecule has 12 heteroatoms. The zero-order chi connectivity index (χ0) is 28.4. The Morgan fingerprint density at radius 2 is 2.02 bits per heavy atom. The highest BCUT2D eigenvalue weighted by atomic mass is 19.1. The van der Waals surface area contributed by atoms with Crippen LogP contribution in [0.25, 0.3) is 16.9 Å². The molecule has 0 radical (unpaired) electrons. The second kappa shape index (κ2) is 11.0. The van der Waals surface area contributed by atoms with E-state index in [9.17, 15) is 18.8 Å². The number of carbonyl (C=O) groups excluding carboxylic acids is 3. The van der Waals surface area contributed by atoms with Crippen molar-refractivity contribution in [1.29, 1.82) is 0 Å². The number of nitrogens with zero attached hydrogens (tertiary/aromatic N) is 5. The van der Waals surface area contributed by atoms with Crippen molar-refractivity contribution in [3.63, 3.8) is 0 Å². The standard InChI is InChI=1S/C28H28FN7O4/c1-17-12-19(5-6-20(17)28(39)34(2)16-25(38)35-10-8-30-24(37)15-35)33-26-27-32-14-22(36(27)11-9-31-26)18-4-7-23(40-3)21(29)13-18/h4-7,9,11-14H,8,10,15-16H2,1-3H3,(H,30,37)(H,31,33). The second-order valence-corrected chi connectivity index (χ2v) is 9.44. The summed E-state index contributed by atoms with van der Waals surface area (Å²) in [4.78, 5) is 48.9. The summed E-state index contributed by atoms with van der Waals surface area (Å²) in [6, 6.07) is 9.96. The summed E-state index contributed by atoms with van der Waals surface area (Å²) >= 11 is 0. The molecular formula is C28H28FN7O4. The van der Waals surface area contributed by atoms with Gasteiger partial charge in [-0.1, -0.05) is 0 Å². The molecular weight excluding hydrogens is 517 g/mol. The number of halogens is 1. The van der Waals surface area contributed by atoms with Crippen LogP contribution in [0.1, 0.15) is 15.9 Å². The van der Waals surface area contributed by atoms with Crippen LogP contribution in [-0.2, 0) is 9.59 Å². The van der Waals surface area contributed by atoms with E-state index in [4.69, 9.17) is 4.74 Å². The zero-order valence-corrected chi connectivity index (χ0v) is 22.3. The van der Waals surface area contributed by atoms with Gasteiger partial charge in [0, 0.05) is 49.3 Å². The van der Waals surface area contributed by atoms with Crippen LogP contribution < -0.4 is 15.4 Å². The van der Waals surface area contributed by atoms with Crippen molar-refractivity contribution >= 4 is 34.9 Å². The van der Waals surface area contributed by atoms with E-state index in [0.717, 1.165) is 0 Å². The van der Waals surface area contributed by atoms with Gasteiger partial charge in [-0.2, -0.15) is 0 Å². The molecule has 3 amide bonds. The molecule has 2 aromatic carbocycles. The number of amides is 3. The topological polar surface area (TPSA) is 121 Å². The normalized spacial score (nSPS) is 13.2. The average Bonchev–Trinajstić information content (AvgIpc) is 3.38. The third-order valence-electron chi connectivity index (χ3n) is 6.71. The van der Waals surface area contributed by atoms with E-state index in [1.54, 1.807) is 54.3 Å². The molecule has 0 saturated carbocycles. The molecule has 4 aromatic rings. The molecule has 40 heavy (non-hydrogen) atoms. The van der Waals surface area contributed by atoms with Gasteiger partial charge in [-0.3, -0.25) is 18.8 Å². The Morgan fingerprint density at radius 1 is 1.20 bits per heavy atom. The Bertz CT molecular complexity index is 1620. The van der Waals surface area contributed by atoms with Crippen LogP contribution >= 0.6 is 0 Å². The van der Waals surface area contributed by atoms with E-state index >= 15 is 0 Å². The van der Waals surface area contributed by atoms with Crippen LogP contribution in [-0.4, -0.2) is 82.2 Å². The Balaban J connectivity index is 1.31. The number of imidazole rings is 1. The minimum atomic E-state index is -0.471. The number of fused-ring (bicyclic) bond motifs is 1. The van der Waals surface area contributed by atoms with Crippen LogP contribution in [0.2, 0.25) is 0 Å². The number of aryl methyl sites for hydroxylation is 1. The Hall–Kier alpha value is -5.00. The number of hydrogen-bond donors (Lipinski definition) is 2. The van der Waals surface area contributed by atoms with Crippen molar-refractivity contribution in [3.05, 3.63) is 71.9 Å². The summed E-state index contributed by atoms with van der Waals surface area (Å²) in [5.74, 6) is -0.622. The lowest BCUT2D eigenvalue weighted by Gasteiger charge is -2.28. The molecule has 5 rings (SSSR count). The third-order valence-corrected chi connectivity index (χ3v) is 6.71. The van der Waals surface area contributed by atoms with Gasteiger partial charge in [0.05, 0.1) is 32.1 Å². The van der Waals surface area contributed by atoms with Gasteiger partial charge < -0.3 is 25.2 Å². The molecule has 11 nitrogen and oxygen atoms in total. The number of benzene rings is 2. The summed E-state index contributed by atoms with van der Waals surface area (Å²) in [7, 11) is 2.98. The summed E-state index contributed by atoms with van der Waals surface area (Å²) in [5, 5.41) is 5.92. The number of ether oxygens (including phenoxy) is 1. The molecule has 1 saturated heterocycles. The lowest BCUT2D eigenvalue weighted by atomic mass is 10.1. The summed E-state index contributed by atoms with van der Waals surface area (Å²) < 4.78 is 21.1. The van der Waals surface area contributed by atoms with Crippen LogP contribution in [0, 0.1) is 12.7 Å². The van der Waals surface area contributed by atoms with Gasteiger partial charge >= 0.3 is 0 Å². The predicted octanol–water partition coefficient (Wildman–Crippen LogP) is 2.63. The smallest absolute Gasteiger partial charge is 0.254 e. The first-order valence-electron chi connectivity index (χ1n) is 12.6. The first kappa shape index (κ1) is 26.6. The number of nitrogens with one attached hydrogen (secondary N) is 2. The molecule has 0 aliphatic carbocycles. The van der Waals surface area contributed by atoms with Crippen molar-refractivity contribution in [2.45, 2.75) is 6.92 Å². The van der Waals surface area contributed by atoms with Crippen molar-refractivity contribution in [2.24, 2.45) is 0 Å². The summed E-state index contributed by atoms with van der Waals surface area (Å²) in [5.41, 5.74) is 3.70. The largest absolute Gasteiger partial charge is 0.494 e. The van der Waals surface area contributed by atoms with E-state index in [1.165, 1.54) is 23.0 Å². The summed E-state index contributed by atoms with van der Waals surface area (Å²) in [6.45, 7) is 2.50. The molecule has 1 aliphatic rings. The molecule has 1 fully saturated rings. The maximum Gasteiger partial charge on any atom is 0.254 e. The second-order valence-electron chi connectivity index (χ2n) is 9.44. The van der Waals surface area contributed by atoms with Crippen molar-refractivity contribution < 1.29 is 23.5 Å². The third kappa shape index (κ3) is 5.28. The van der Waals surface area contributed by atoms with Gasteiger partial charge in [-0.15, -0.1) is 0 Å². The number of methoxy groups -OCH3 is 1. The average molecular weight is 546 g/mol. The lowest BCUT2D eigenvalue weighted by molar-refractivity contribution is -0.138. The number of piperazine rings is 1. The number of anilines is 2. The number of hydrogen-bond acceptors (Lipinski definition) is 7. The predicted molar refractivity (Wildman–Crippen MR) is 146 cm³/mol. The fraction of sp³-hybridized carbons (Fsp3) is 0.250. The summed E-state index contributed by atoms with van der Waals surface area (Å²) in [6.07, 6.45) is 5.00. The van der Waals surface area contributed by atoms with E-state index in [-0.39, 0.29) is 36.6 Å². The van der Waals surface area contributed by atoms with E-state index in [2.05, 4.69) is 20.6 Å². The van der Waals surface area contributed by atoms with E-state index < -0.39 is 5.82 Å². The molecule has 2 N–H and O–H groups in total. The molecule has 2 aromatic heterocycles. The van der Waals surface area contributed by atoms with Gasteiger partial charge in [0.25, 0.3) is 5.91 Å². The Kier molecular flexibility index (Phi) is 7.32. The first-order valence-corrected chi connectivity index (χ1v) is 12.6. The number of likely N-dealkylation sites (N-methyl/N-ethyl adjacent to an activating group) is 1. The highest BCUT2D eigenvalue weighted by Crippen LogP contribution is 2.29. The van der Waals surface area contributed by atoms with Crippen LogP contribution in [0.4, 0.5) is 15.9 Å². The van der Waals surface area contributed by atoms with Crippen molar-refractivity contribution in [3.8, 4) is 17.0 Å². The number of carbonyl (C=O) groups is 3. The van der Waals surface area contributed by atoms with Crippen molar-refractivity contribution in [2.75, 3.05) is 45.7 Å². The van der Waals surface area contributed by atoms with Gasteiger partial charge in [-0.05, 0) is 48.9 Å². The highest BCUT2D eigenvalue weighted by molar-refractivity contribution is 5.98. The van der Waals surface area contributed by atoms with Gasteiger partial charge in [0.1, 0.15) is 0 Å². The van der Waals surface area contributed by atoms with Gasteiger partial charge in [-0.25, -0.2) is 14.4 Å². The highest BCUT2D eigenvalue weighted by Gasteiger charge is 2.24. The molecule has 0 unspecified atom stereocenters. The molecule has 0 atom stereocenters. The maximum atomic E-state index is 14.3. The quantitative estimate of drug-likeness (QED) is 0.366. The van der Waals surface area contributed by atoms with Crippen molar-refractivity contribution in [1.82, 2.24) is 29.5 Å². The minimum Gasteiger partial charge on any atom is -0.494 e. The Morgan fingerprint density at radius 3 is 2.75 bits per heavy atom. The monoisotopic (exact) mass is 545 g/mol. The van der Waals surface area contributed by atoms with Crippen LogP contribution in [0.15, 0.2) is 55.0 Å². The number of rotatable bonds is 7. The van der Waals surface area contributed by atoms with E-state index in [1.807, 2.05) is 13.0 Å². The number of aromatic nitrogens is 3. The first-order chi connectivity index (χ1) is 19.2. The fourth-order valence-corrected chi connectivity index (χ4v) is 4.60. The lowest BCUT2D eigenvalue weighted by Crippen LogP contribution is -2.52. The van der Waals surface area contributed by atoms with Gasteiger partial charge in [0.2, 0.25) is 11.8 Å². The maximum absolute atomic E-state index is 14.3. The SMILES string of the molecule is COc1ccc(-c2cnc3c(Nc4ccc(C(=O)N(C)CC(=O)N5CCNC(=O)C5)c(C)c4)nccn23)cc1F. The minimum absolute atomic E-state index is 0.00392. The fourth-order valence-electron chi connectivity index (χ4n) is 4.60. The Labute approximate surface area is 229 Å². The van der Waals surface area contributed by atoms with Crippen LogP contribution in [0.5, 0.6) is 5.75 Å².